The standard InChI is InChI=1S/C14H18FNO4S/c15-12-7-10(16)1-2-13(12)21(17,18)11-3-5-20-14(8-11)4-6-19-9-14/h1-2,7,11H,3-6,8-9,16H2. The number of hydrogen-bond acceptors (Lipinski definition) is 5. The molecule has 3 rings (SSSR count). The highest BCUT2D eigenvalue weighted by Gasteiger charge is 2.45. The molecule has 0 aliphatic carbocycles. The zero-order valence-electron chi connectivity index (χ0n) is 11.5. The molecule has 2 aliphatic rings. The normalized spacial score (nSPS) is 29.9. The minimum absolute atomic E-state index is 0.207. The average molecular weight is 315 g/mol. The topological polar surface area (TPSA) is 78.6 Å². The van der Waals surface area contributed by atoms with Crippen LogP contribution in [0.5, 0.6) is 0 Å². The van der Waals surface area contributed by atoms with E-state index in [0.717, 1.165) is 6.07 Å². The highest BCUT2D eigenvalue weighted by atomic mass is 32.2. The summed E-state index contributed by atoms with van der Waals surface area (Å²) in [5, 5.41) is -0.647. The van der Waals surface area contributed by atoms with Crippen LogP contribution in [-0.2, 0) is 19.3 Å². The number of nitrogens with two attached hydrogens (primary N) is 1. The molecular formula is C14H18FNO4S. The summed E-state index contributed by atoms with van der Waals surface area (Å²) in [6.45, 7) is 1.33. The predicted molar refractivity (Wildman–Crippen MR) is 75.1 cm³/mol. The number of nitrogen functional groups attached to an aromatic ring is 1. The van der Waals surface area contributed by atoms with Crippen molar-refractivity contribution in [2.24, 2.45) is 0 Å². The first kappa shape index (κ1) is 14.7. The van der Waals surface area contributed by atoms with Crippen LogP contribution in [0.15, 0.2) is 23.1 Å². The third kappa shape index (κ3) is 2.65. The maximum absolute atomic E-state index is 14.0. The molecule has 0 bridgehead atoms. The molecule has 0 saturated carbocycles. The molecule has 1 aromatic rings. The van der Waals surface area contributed by atoms with Gasteiger partial charge in [-0.15, -0.1) is 0 Å². The van der Waals surface area contributed by atoms with Crippen LogP contribution in [0.3, 0.4) is 0 Å². The van der Waals surface area contributed by atoms with Gasteiger partial charge < -0.3 is 15.2 Å². The summed E-state index contributed by atoms with van der Waals surface area (Å²) in [6.07, 6.45) is 1.40. The molecular weight excluding hydrogens is 297 g/mol. The molecule has 21 heavy (non-hydrogen) atoms. The van der Waals surface area contributed by atoms with Crippen LogP contribution >= 0.6 is 0 Å². The predicted octanol–water partition coefficient (Wildman–Crippen LogP) is 1.52. The second kappa shape index (κ2) is 5.23. The number of hydrogen-bond donors (Lipinski definition) is 1. The fraction of sp³-hybridized carbons (Fsp3) is 0.571. The molecule has 0 aromatic heterocycles. The zero-order chi connectivity index (χ0) is 15.1. The Morgan fingerprint density at radius 2 is 2.14 bits per heavy atom. The molecule has 0 amide bonds. The van der Waals surface area contributed by atoms with Gasteiger partial charge in [-0.25, -0.2) is 12.8 Å². The summed E-state index contributed by atoms with van der Waals surface area (Å²) in [7, 11) is -3.74. The molecule has 2 unspecified atom stereocenters. The van der Waals surface area contributed by atoms with Crippen molar-refractivity contribution in [1.29, 1.82) is 0 Å². The zero-order valence-corrected chi connectivity index (χ0v) is 12.4. The van der Waals surface area contributed by atoms with E-state index in [0.29, 0.717) is 39.1 Å². The van der Waals surface area contributed by atoms with E-state index in [1.54, 1.807) is 0 Å². The van der Waals surface area contributed by atoms with Crippen molar-refractivity contribution >= 4 is 15.5 Å². The molecule has 2 saturated heterocycles. The van der Waals surface area contributed by atoms with Crippen LogP contribution in [0, 0.1) is 5.82 Å². The molecule has 2 atom stereocenters. The molecule has 1 aromatic carbocycles. The summed E-state index contributed by atoms with van der Waals surface area (Å²) < 4.78 is 50.4. The third-order valence-corrected chi connectivity index (χ3v) is 6.44. The van der Waals surface area contributed by atoms with E-state index < -0.39 is 26.5 Å². The van der Waals surface area contributed by atoms with Gasteiger partial charge in [0.05, 0.1) is 17.5 Å². The van der Waals surface area contributed by atoms with Crippen LogP contribution in [0.25, 0.3) is 0 Å². The van der Waals surface area contributed by atoms with Crippen molar-refractivity contribution in [3.8, 4) is 0 Å². The van der Waals surface area contributed by atoms with Gasteiger partial charge in [0.25, 0.3) is 0 Å². The number of rotatable bonds is 2. The van der Waals surface area contributed by atoms with Crippen LogP contribution in [0.2, 0.25) is 0 Å². The van der Waals surface area contributed by atoms with Crippen LogP contribution in [-0.4, -0.2) is 39.1 Å². The second-order valence-corrected chi connectivity index (χ2v) is 7.88. The molecule has 7 heteroatoms. The lowest BCUT2D eigenvalue weighted by Gasteiger charge is -2.36. The van der Waals surface area contributed by atoms with Gasteiger partial charge >= 0.3 is 0 Å². The number of sulfone groups is 1. The lowest BCUT2D eigenvalue weighted by Crippen LogP contribution is -2.45. The quantitative estimate of drug-likeness (QED) is 0.837. The Kier molecular flexibility index (Phi) is 3.67. The summed E-state index contributed by atoms with van der Waals surface area (Å²) in [4.78, 5) is -0.280. The minimum Gasteiger partial charge on any atom is -0.399 e. The van der Waals surface area contributed by atoms with E-state index in [9.17, 15) is 12.8 Å². The summed E-state index contributed by atoms with van der Waals surface area (Å²) in [5.74, 6) is -0.793. The molecule has 0 radical (unpaired) electrons. The van der Waals surface area contributed by atoms with Crippen molar-refractivity contribution in [3.63, 3.8) is 0 Å². The lowest BCUT2D eigenvalue weighted by molar-refractivity contribution is -0.0778. The van der Waals surface area contributed by atoms with Gasteiger partial charge in [0.15, 0.2) is 9.84 Å². The fourth-order valence-corrected chi connectivity index (χ4v) is 4.92. The first-order valence-electron chi connectivity index (χ1n) is 6.94. The van der Waals surface area contributed by atoms with Crippen LogP contribution in [0.1, 0.15) is 19.3 Å². The van der Waals surface area contributed by atoms with E-state index in [2.05, 4.69) is 0 Å². The second-order valence-electron chi connectivity index (χ2n) is 5.68. The average Bonchev–Trinajstić information content (AvgIpc) is 2.86. The van der Waals surface area contributed by atoms with E-state index in [4.69, 9.17) is 15.2 Å². The molecule has 5 nitrogen and oxygen atoms in total. The van der Waals surface area contributed by atoms with E-state index in [1.807, 2.05) is 0 Å². The smallest absolute Gasteiger partial charge is 0.184 e. The molecule has 2 fully saturated rings. The summed E-state index contributed by atoms with van der Waals surface area (Å²) in [6, 6.07) is 3.69. The number of halogens is 1. The molecule has 2 N–H and O–H groups in total. The number of anilines is 1. The minimum atomic E-state index is -3.74. The third-order valence-electron chi connectivity index (χ3n) is 4.22. The van der Waals surface area contributed by atoms with Gasteiger partial charge in [-0.1, -0.05) is 0 Å². The Morgan fingerprint density at radius 1 is 1.33 bits per heavy atom. The van der Waals surface area contributed by atoms with Gasteiger partial charge in [0.1, 0.15) is 10.7 Å². The maximum Gasteiger partial charge on any atom is 0.184 e. The maximum atomic E-state index is 14.0. The summed E-state index contributed by atoms with van der Waals surface area (Å²) in [5.41, 5.74) is 5.15. The largest absolute Gasteiger partial charge is 0.399 e. The highest BCUT2D eigenvalue weighted by molar-refractivity contribution is 7.92. The van der Waals surface area contributed by atoms with Crippen molar-refractivity contribution in [1.82, 2.24) is 0 Å². The van der Waals surface area contributed by atoms with Crippen molar-refractivity contribution in [3.05, 3.63) is 24.0 Å². The monoisotopic (exact) mass is 315 g/mol. The first-order chi connectivity index (χ1) is 9.93. The van der Waals surface area contributed by atoms with Gasteiger partial charge in [0, 0.05) is 25.3 Å². The van der Waals surface area contributed by atoms with E-state index in [-0.39, 0.29) is 10.6 Å². The Hall–Kier alpha value is -1.18. The van der Waals surface area contributed by atoms with E-state index >= 15 is 0 Å². The van der Waals surface area contributed by atoms with Crippen molar-refractivity contribution < 1.29 is 22.3 Å². The molecule has 2 aliphatic heterocycles. The Labute approximate surface area is 123 Å². The molecule has 116 valence electrons. The van der Waals surface area contributed by atoms with E-state index in [1.165, 1.54) is 12.1 Å². The SMILES string of the molecule is Nc1ccc(S(=O)(=O)C2CCOC3(CCOC3)C2)c(F)c1. The Morgan fingerprint density at radius 3 is 2.81 bits per heavy atom. The van der Waals surface area contributed by atoms with Gasteiger partial charge in [-0.05, 0) is 31.0 Å². The molecule has 1 spiro atoms. The highest BCUT2D eigenvalue weighted by Crippen LogP contribution is 2.37. The van der Waals surface area contributed by atoms with Crippen LogP contribution < -0.4 is 5.73 Å². The molecule has 2 heterocycles. The van der Waals surface area contributed by atoms with Gasteiger partial charge in [-0.2, -0.15) is 0 Å². The van der Waals surface area contributed by atoms with Crippen molar-refractivity contribution in [2.75, 3.05) is 25.6 Å². The number of benzene rings is 1. The first-order valence-corrected chi connectivity index (χ1v) is 8.48. The van der Waals surface area contributed by atoms with Gasteiger partial charge in [-0.3, -0.25) is 0 Å². The number of ether oxygens (including phenoxy) is 2. The van der Waals surface area contributed by atoms with Gasteiger partial charge in [0.2, 0.25) is 0 Å². The Balaban J connectivity index is 1.90. The lowest BCUT2D eigenvalue weighted by atomic mass is 9.93. The fourth-order valence-electron chi connectivity index (χ4n) is 3.04. The Bertz CT molecular complexity index is 640. The summed E-state index contributed by atoms with van der Waals surface area (Å²) >= 11 is 0. The van der Waals surface area contributed by atoms with Crippen molar-refractivity contribution in [2.45, 2.75) is 35.0 Å². The van der Waals surface area contributed by atoms with Crippen LogP contribution in [0.4, 0.5) is 10.1 Å².